The Morgan fingerprint density at radius 3 is 3.17 bits per heavy atom. The summed E-state index contributed by atoms with van der Waals surface area (Å²) in [7, 11) is 0. The highest BCUT2D eigenvalue weighted by Crippen LogP contribution is 2.20. The number of aromatic nitrogens is 1. The zero-order valence-electron chi connectivity index (χ0n) is 6.83. The first-order valence-corrected chi connectivity index (χ1v) is 4.56. The second-order valence-electron chi connectivity index (χ2n) is 2.19. The van der Waals surface area contributed by atoms with Crippen molar-refractivity contribution in [1.29, 1.82) is 0 Å². The van der Waals surface area contributed by atoms with Crippen LogP contribution >= 0.6 is 15.9 Å². The van der Waals surface area contributed by atoms with E-state index in [4.69, 9.17) is 4.74 Å². The Morgan fingerprint density at radius 1 is 1.67 bits per heavy atom. The molecule has 0 amide bonds. The molecule has 64 valence electrons. The molecule has 0 saturated heterocycles. The van der Waals surface area contributed by atoms with Crippen LogP contribution in [0.4, 0.5) is 0 Å². The van der Waals surface area contributed by atoms with Gasteiger partial charge in [0.2, 0.25) is 0 Å². The number of rotatable bonds is 3. The normalized spacial score (nSPS) is 10.5. The van der Waals surface area contributed by atoms with E-state index in [1.54, 1.807) is 12.5 Å². The molecule has 0 aliphatic carbocycles. The van der Waals surface area contributed by atoms with Gasteiger partial charge in [-0.3, -0.25) is 0 Å². The Morgan fingerprint density at radius 2 is 2.50 bits per heavy atom. The van der Waals surface area contributed by atoms with E-state index in [0.717, 1.165) is 16.8 Å². The van der Waals surface area contributed by atoms with Crippen LogP contribution in [0, 0.1) is 0 Å². The van der Waals surface area contributed by atoms with E-state index in [9.17, 15) is 0 Å². The first kappa shape index (κ1) is 9.26. The van der Waals surface area contributed by atoms with Crippen LogP contribution in [0.3, 0.4) is 0 Å². The van der Waals surface area contributed by atoms with Crippen LogP contribution in [0.5, 0.6) is 5.75 Å². The highest BCUT2D eigenvalue weighted by Gasteiger charge is 1.96. The van der Waals surface area contributed by atoms with Crippen molar-refractivity contribution in [2.75, 3.05) is 0 Å². The number of allylic oxidation sites excluding steroid dienone is 1. The molecular weight excluding hydrogens is 218 g/mol. The van der Waals surface area contributed by atoms with Crippen molar-refractivity contribution in [1.82, 2.24) is 4.98 Å². The minimum atomic E-state index is 0.728. The van der Waals surface area contributed by atoms with E-state index >= 15 is 0 Å². The minimum absolute atomic E-state index is 0.728. The van der Waals surface area contributed by atoms with E-state index in [-0.39, 0.29) is 0 Å². The Hall–Kier alpha value is -0.830. The summed E-state index contributed by atoms with van der Waals surface area (Å²) in [5.74, 6) is 0.738. The van der Waals surface area contributed by atoms with Gasteiger partial charge < -0.3 is 4.74 Å². The van der Waals surface area contributed by atoms with Gasteiger partial charge in [0.25, 0.3) is 0 Å². The molecule has 1 aromatic heterocycles. The van der Waals surface area contributed by atoms with Gasteiger partial charge in [-0.2, -0.15) is 0 Å². The minimum Gasteiger partial charge on any atom is -0.462 e. The van der Waals surface area contributed by atoms with Crippen LogP contribution in [-0.4, -0.2) is 4.98 Å². The molecule has 1 heterocycles. The molecule has 0 bridgehead atoms. The average Bonchev–Trinajstić information content (AvgIpc) is 2.09. The van der Waals surface area contributed by atoms with Crippen molar-refractivity contribution in [2.45, 2.75) is 13.3 Å². The lowest BCUT2D eigenvalue weighted by molar-refractivity contribution is 0.473. The van der Waals surface area contributed by atoms with Gasteiger partial charge in [0.1, 0.15) is 4.60 Å². The first-order chi connectivity index (χ1) is 5.84. The highest BCUT2D eigenvalue weighted by atomic mass is 79.9. The molecule has 1 rings (SSSR count). The molecule has 0 saturated carbocycles. The van der Waals surface area contributed by atoms with Gasteiger partial charge in [-0.25, -0.2) is 4.98 Å². The predicted octanol–water partition coefficient (Wildman–Crippen LogP) is 3.15. The maximum absolute atomic E-state index is 5.29. The molecule has 0 aliphatic heterocycles. The largest absolute Gasteiger partial charge is 0.462 e. The van der Waals surface area contributed by atoms with Crippen molar-refractivity contribution in [2.24, 2.45) is 0 Å². The fourth-order valence-electron chi connectivity index (χ4n) is 0.677. The lowest BCUT2D eigenvalue weighted by atomic mass is 10.4. The fourth-order valence-corrected chi connectivity index (χ4v) is 1.02. The quantitative estimate of drug-likeness (QED) is 0.585. The lowest BCUT2D eigenvalue weighted by Crippen LogP contribution is -1.84. The van der Waals surface area contributed by atoms with Gasteiger partial charge in [-0.1, -0.05) is 6.92 Å². The molecule has 3 heteroatoms. The van der Waals surface area contributed by atoms with Crippen molar-refractivity contribution in [3.63, 3.8) is 0 Å². The van der Waals surface area contributed by atoms with E-state index in [1.807, 2.05) is 18.2 Å². The molecule has 0 unspecified atom stereocenters. The molecule has 12 heavy (non-hydrogen) atoms. The van der Waals surface area contributed by atoms with Gasteiger partial charge in [0.05, 0.1) is 6.26 Å². The van der Waals surface area contributed by atoms with Crippen LogP contribution in [0.25, 0.3) is 0 Å². The summed E-state index contributed by atoms with van der Waals surface area (Å²) in [6, 6.07) is 3.69. The molecular formula is C9H10BrNO. The number of hydrogen-bond donors (Lipinski definition) is 0. The van der Waals surface area contributed by atoms with Crippen molar-refractivity contribution in [3.8, 4) is 5.75 Å². The van der Waals surface area contributed by atoms with Crippen molar-refractivity contribution >= 4 is 15.9 Å². The fraction of sp³-hybridized carbons (Fsp3) is 0.222. The molecule has 0 spiro atoms. The molecule has 0 N–H and O–H groups in total. The van der Waals surface area contributed by atoms with E-state index in [0.29, 0.717) is 0 Å². The van der Waals surface area contributed by atoms with Gasteiger partial charge in [-0.05, 0) is 40.6 Å². The molecule has 0 fully saturated rings. The van der Waals surface area contributed by atoms with Crippen molar-refractivity contribution in [3.05, 3.63) is 35.3 Å². The summed E-state index contributed by atoms with van der Waals surface area (Å²) in [6.45, 7) is 2.05. The number of ether oxygens (including phenoxy) is 1. The Labute approximate surface area is 80.4 Å². The van der Waals surface area contributed by atoms with E-state index < -0.39 is 0 Å². The molecule has 0 radical (unpaired) electrons. The van der Waals surface area contributed by atoms with Crippen LogP contribution in [0.2, 0.25) is 0 Å². The second-order valence-corrected chi connectivity index (χ2v) is 2.94. The molecule has 2 nitrogen and oxygen atoms in total. The predicted molar refractivity (Wildman–Crippen MR) is 52.0 cm³/mol. The Bertz CT molecular complexity index is 273. The number of pyridine rings is 1. The maximum Gasteiger partial charge on any atom is 0.159 e. The maximum atomic E-state index is 5.29. The summed E-state index contributed by atoms with van der Waals surface area (Å²) in [5.41, 5.74) is 0. The third kappa shape index (κ3) is 2.66. The molecule has 1 aromatic rings. The van der Waals surface area contributed by atoms with Crippen molar-refractivity contribution < 1.29 is 4.74 Å². The summed E-state index contributed by atoms with van der Waals surface area (Å²) >= 11 is 3.28. The standard InChI is InChI=1S/C9H10BrNO/c1-2-3-7-12-8-5-4-6-11-9(8)10/h3-7H,2H2,1H3. The molecule has 0 aliphatic rings. The van der Waals surface area contributed by atoms with Crippen LogP contribution < -0.4 is 4.74 Å². The van der Waals surface area contributed by atoms with Gasteiger partial charge in [-0.15, -0.1) is 0 Å². The molecule has 0 aromatic carbocycles. The summed E-state index contributed by atoms with van der Waals surface area (Å²) in [4.78, 5) is 4.02. The number of nitrogens with zero attached hydrogens (tertiary/aromatic N) is 1. The van der Waals surface area contributed by atoms with Crippen LogP contribution in [0.15, 0.2) is 35.3 Å². The SMILES string of the molecule is CCC=COc1cccnc1Br. The number of hydrogen-bond acceptors (Lipinski definition) is 2. The van der Waals surface area contributed by atoms with E-state index in [1.165, 1.54) is 0 Å². The van der Waals surface area contributed by atoms with Gasteiger partial charge in [0, 0.05) is 6.20 Å². The summed E-state index contributed by atoms with van der Waals surface area (Å²) < 4.78 is 6.01. The molecule has 0 atom stereocenters. The van der Waals surface area contributed by atoms with E-state index in [2.05, 4.69) is 27.8 Å². The van der Waals surface area contributed by atoms with Crippen LogP contribution in [0.1, 0.15) is 13.3 Å². The third-order valence-corrected chi connectivity index (χ3v) is 1.85. The summed E-state index contributed by atoms with van der Waals surface area (Å²) in [6.07, 6.45) is 6.29. The monoisotopic (exact) mass is 227 g/mol. The zero-order valence-corrected chi connectivity index (χ0v) is 8.41. The smallest absolute Gasteiger partial charge is 0.159 e. The summed E-state index contributed by atoms with van der Waals surface area (Å²) in [5, 5.41) is 0. The van der Waals surface area contributed by atoms with Crippen LogP contribution in [-0.2, 0) is 0 Å². The van der Waals surface area contributed by atoms with Gasteiger partial charge >= 0.3 is 0 Å². The average molecular weight is 228 g/mol. The second kappa shape index (κ2) is 4.93. The zero-order chi connectivity index (χ0) is 8.81. The Kier molecular flexibility index (Phi) is 3.80. The highest BCUT2D eigenvalue weighted by molar-refractivity contribution is 9.10. The third-order valence-electron chi connectivity index (χ3n) is 1.25. The number of halogens is 1. The first-order valence-electron chi connectivity index (χ1n) is 3.76. The van der Waals surface area contributed by atoms with Gasteiger partial charge in [0.15, 0.2) is 5.75 Å². The Balaban J connectivity index is 2.63. The topological polar surface area (TPSA) is 22.1 Å². The lowest BCUT2D eigenvalue weighted by Gasteiger charge is -2.00.